The third kappa shape index (κ3) is 3.04. The second kappa shape index (κ2) is 6.55. The van der Waals surface area contributed by atoms with E-state index in [1.54, 1.807) is 6.07 Å². The Hall–Kier alpha value is -2.28. The van der Waals surface area contributed by atoms with E-state index < -0.39 is 0 Å². The lowest BCUT2D eigenvalue weighted by molar-refractivity contribution is 0.635. The third-order valence-electron chi connectivity index (χ3n) is 4.56. The molecule has 130 valence electrons. The van der Waals surface area contributed by atoms with E-state index in [1.807, 2.05) is 13.0 Å². The molecule has 0 aliphatic carbocycles. The van der Waals surface area contributed by atoms with Crippen molar-refractivity contribution < 1.29 is 4.39 Å². The first-order valence-electron chi connectivity index (χ1n) is 8.54. The molecule has 5 nitrogen and oxygen atoms in total. The number of para-hydroxylation sites is 1. The van der Waals surface area contributed by atoms with Gasteiger partial charge in [-0.1, -0.05) is 19.1 Å². The van der Waals surface area contributed by atoms with Gasteiger partial charge in [-0.3, -0.25) is 0 Å². The zero-order valence-corrected chi connectivity index (χ0v) is 15.2. The molecule has 4 rings (SSSR count). The maximum absolute atomic E-state index is 14.1. The van der Waals surface area contributed by atoms with Crippen molar-refractivity contribution in [2.24, 2.45) is 0 Å². The molecule has 3 heterocycles. The first-order chi connectivity index (χ1) is 12.2. The Bertz CT molecular complexity index is 902. The van der Waals surface area contributed by atoms with Crippen molar-refractivity contribution in [2.75, 3.05) is 36.0 Å². The standard InChI is InChI=1S/C18H20FN5S/c1-3-16-21-18(25-22-16)24-9-7-23(8-10-24)15-11-12(2)20-17-13(15)5-4-6-14(17)19/h4-6,11H,3,7-10H2,1-2H3. The smallest absolute Gasteiger partial charge is 0.205 e. The average Bonchev–Trinajstić information content (AvgIpc) is 3.11. The van der Waals surface area contributed by atoms with Gasteiger partial charge < -0.3 is 9.80 Å². The fourth-order valence-corrected chi connectivity index (χ4v) is 4.04. The Kier molecular flexibility index (Phi) is 4.25. The number of halogens is 1. The van der Waals surface area contributed by atoms with Crippen LogP contribution in [0.2, 0.25) is 0 Å². The molecular formula is C18H20FN5S. The maximum Gasteiger partial charge on any atom is 0.205 e. The summed E-state index contributed by atoms with van der Waals surface area (Å²) in [6, 6.07) is 7.22. The van der Waals surface area contributed by atoms with Gasteiger partial charge >= 0.3 is 0 Å². The Morgan fingerprint density at radius 2 is 1.88 bits per heavy atom. The van der Waals surface area contributed by atoms with Gasteiger partial charge in [0, 0.05) is 60.9 Å². The highest BCUT2D eigenvalue weighted by molar-refractivity contribution is 7.09. The van der Waals surface area contributed by atoms with Gasteiger partial charge in [0.2, 0.25) is 5.13 Å². The molecular weight excluding hydrogens is 337 g/mol. The molecule has 0 amide bonds. The van der Waals surface area contributed by atoms with Crippen LogP contribution in [-0.2, 0) is 6.42 Å². The Morgan fingerprint density at radius 1 is 1.12 bits per heavy atom. The minimum Gasteiger partial charge on any atom is -0.367 e. The number of fused-ring (bicyclic) bond motifs is 1. The summed E-state index contributed by atoms with van der Waals surface area (Å²) in [5.74, 6) is 0.649. The minimum absolute atomic E-state index is 0.262. The van der Waals surface area contributed by atoms with E-state index in [-0.39, 0.29) is 5.82 Å². The van der Waals surface area contributed by atoms with Gasteiger partial charge in [0.15, 0.2) is 0 Å². The number of hydrogen-bond acceptors (Lipinski definition) is 6. The van der Waals surface area contributed by atoms with Crippen molar-refractivity contribution in [2.45, 2.75) is 20.3 Å². The summed E-state index contributed by atoms with van der Waals surface area (Å²) in [7, 11) is 0. The van der Waals surface area contributed by atoms with E-state index in [1.165, 1.54) is 17.6 Å². The number of hydrogen-bond donors (Lipinski definition) is 0. The van der Waals surface area contributed by atoms with E-state index in [4.69, 9.17) is 0 Å². The van der Waals surface area contributed by atoms with E-state index in [9.17, 15) is 4.39 Å². The van der Waals surface area contributed by atoms with E-state index in [0.29, 0.717) is 5.52 Å². The quantitative estimate of drug-likeness (QED) is 0.719. The minimum atomic E-state index is -0.262. The molecule has 0 bridgehead atoms. The van der Waals surface area contributed by atoms with Crippen LogP contribution in [0.1, 0.15) is 18.4 Å². The zero-order chi connectivity index (χ0) is 17.4. The summed E-state index contributed by atoms with van der Waals surface area (Å²) in [5, 5.41) is 1.88. The average molecular weight is 357 g/mol. The molecule has 25 heavy (non-hydrogen) atoms. The SMILES string of the molecule is CCc1nsc(N2CCN(c3cc(C)nc4c(F)cccc34)CC2)n1. The number of nitrogens with zero attached hydrogens (tertiary/aromatic N) is 5. The summed E-state index contributed by atoms with van der Waals surface area (Å²) in [5.41, 5.74) is 2.36. The molecule has 1 aliphatic rings. The largest absolute Gasteiger partial charge is 0.367 e. The topological polar surface area (TPSA) is 45.2 Å². The summed E-state index contributed by atoms with van der Waals surface area (Å²) in [4.78, 5) is 13.6. The van der Waals surface area contributed by atoms with Gasteiger partial charge in [-0.05, 0) is 19.1 Å². The van der Waals surface area contributed by atoms with Crippen LogP contribution in [0.3, 0.4) is 0 Å². The number of aromatic nitrogens is 3. The maximum atomic E-state index is 14.1. The molecule has 1 aromatic carbocycles. The van der Waals surface area contributed by atoms with E-state index in [0.717, 1.165) is 60.3 Å². The highest BCUT2D eigenvalue weighted by Crippen LogP contribution is 2.30. The van der Waals surface area contributed by atoms with Gasteiger partial charge in [-0.15, -0.1) is 0 Å². The third-order valence-corrected chi connectivity index (χ3v) is 5.38. The van der Waals surface area contributed by atoms with Crippen LogP contribution in [-0.4, -0.2) is 40.5 Å². The van der Waals surface area contributed by atoms with Crippen LogP contribution >= 0.6 is 11.5 Å². The van der Waals surface area contributed by atoms with Crippen molar-refractivity contribution in [3.63, 3.8) is 0 Å². The second-order valence-electron chi connectivity index (χ2n) is 6.24. The molecule has 0 atom stereocenters. The number of aryl methyl sites for hydroxylation is 2. The molecule has 3 aromatic rings. The van der Waals surface area contributed by atoms with Crippen LogP contribution in [0.25, 0.3) is 10.9 Å². The number of piperazine rings is 1. The van der Waals surface area contributed by atoms with Crippen LogP contribution in [0.4, 0.5) is 15.2 Å². The number of rotatable bonds is 3. The molecule has 0 N–H and O–H groups in total. The summed E-state index contributed by atoms with van der Waals surface area (Å²) in [6.07, 6.45) is 0.865. The normalized spacial score (nSPS) is 15.2. The van der Waals surface area contributed by atoms with Crippen molar-refractivity contribution in [3.8, 4) is 0 Å². The van der Waals surface area contributed by atoms with Gasteiger partial charge in [0.25, 0.3) is 0 Å². The molecule has 1 fully saturated rings. The first-order valence-corrected chi connectivity index (χ1v) is 9.31. The second-order valence-corrected chi connectivity index (χ2v) is 6.97. The number of benzene rings is 1. The fraction of sp³-hybridized carbons (Fsp3) is 0.389. The lowest BCUT2D eigenvalue weighted by Gasteiger charge is -2.36. The van der Waals surface area contributed by atoms with Crippen molar-refractivity contribution in [1.82, 2.24) is 14.3 Å². The lowest BCUT2D eigenvalue weighted by Crippen LogP contribution is -2.46. The number of pyridine rings is 1. The zero-order valence-electron chi connectivity index (χ0n) is 14.4. The molecule has 1 aliphatic heterocycles. The number of anilines is 2. The monoisotopic (exact) mass is 357 g/mol. The highest BCUT2D eigenvalue weighted by atomic mass is 32.1. The summed E-state index contributed by atoms with van der Waals surface area (Å²) >= 11 is 1.47. The Labute approximate surface area is 150 Å². The fourth-order valence-electron chi connectivity index (χ4n) is 3.24. The van der Waals surface area contributed by atoms with Gasteiger partial charge in [0.1, 0.15) is 17.2 Å². The van der Waals surface area contributed by atoms with E-state index in [2.05, 4.69) is 37.1 Å². The van der Waals surface area contributed by atoms with Gasteiger partial charge in [0.05, 0.1) is 0 Å². The molecule has 1 saturated heterocycles. The van der Waals surface area contributed by atoms with Crippen LogP contribution in [0.5, 0.6) is 0 Å². The van der Waals surface area contributed by atoms with Crippen LogP contribution in [0, 0.1) is 12.7 Å². The van der Waals surface area contributed by atoms with Crippen molar-refractivity contribution >= 4 is 33.3 Å². The first kappa shape index (κ1) is 16.2. The predicted molar refractivity (Wildman–Crippen MR) is 100 cm³/mol. The van der Waals surface area contributed by atoms with Crippen LogP contribution in [0.15, 0.2) is 24.3 Å². The van der Waals surface area contributed by atoms with Crippen molar-refractivity contribution in [1.29, 1.82) is 0 Å². The van der Waals surface area contributed by atoms with Gasteiger partial charge in [-0.25, -0.2) is 14.4 Å². The van der Waals surface area contributed by atoms with Crippen LogP contribution < -0.4 is 9.80 Å². The summed E-state index contributed by atoms with van der Waals surface area (Å²) in [6.45, 7) is 7.50. The Morgan fingerprint density at radius 3 is 2.60 bits per heavy atom. The predicted octanol–water partition coefficient (Wildman–Crippen LogP) is 3.42. The van der Waals surface area contributed by atoms with E-state index >= 15 is 0 Å². The van der Waals surface area contributed by atoms with Gasteiger partial charge in [-0.2, -0.15) is 4.37 Å². The molecule has 0 radical (unpaired) electrons. The summed E-state index contributed by atoms with van der Waals surface area (Å²) < 4.78 is 18.5. The molecule has 2 aromatic heterocycles. The lowest BCUT2D eigenvalue weighted by atomic mass is 10.1. The molecule has 0 unspecified atom stereocenters. The molecule has 0 spiro atoms. The van der Waals surface area contributed by atoms with Crippen molar-refractivity contribution in [3.05, 3.63) is 41.6 Å². The Balaban J connectivity index is 1.58. The molecule has 0 saturated carbocycles. The highest BCUT2D eigenvalue weighted by Gasteiger charge is 2.22. The molecule has 7 heteroatoms.